The van der Waals surface area contributed by atoms with Gasteiger partial charge in [0.05, 0.1) is 0 Å². The fraction of sp³-hybridized carbons (Fsp3) is 0.429. The van der Waals surface area contributed by atoms with Gasteiger partial charge in [-0.3, -0.25) is 9.59 Å². The zero-order valence-electron chi connectivity index (χ0n) is 11.3. The summed E-state index contributed by atoms with van der Waals surface area (Å²) in [5.41, 5.74) is 1.30. The van der Waals surface area contributed by atoms with Crippen LogP contribution in [0.15, 0.2) is 24.3 Å². The van der Waals surface area contributed by atoms with E-state index in [1.807, 2.05) is 13.8 Å². The second-order valence-electron chi connectivity index (χ2n) is 4.04. The van der Waals surface area contributed by atoms with E-state index in [1.54, 1.807) is 29.2 Å². The monoisotopic (exact) mass is 282 g/mol. The van der Waals surface area contributed by atoms with Crippen molar-refractivity contribution >= 4 is 29.1 Å². The van der Waals surface area contributed by atoms with Crippen molar-refractivity contribution in [1.82, 2.24) is 4.90 Å². The molecule has 0 aliphatic carbocycles. The second-order valence-corrected chi connectivity index (χ2v) is 4.42. The van der Waals surface area contributed by atoms with Gasteiger partial charge in [0.1, 0.15) is 0 Å². The molecule has 4 nitrogen and oxygen atoms in total. The number of amides is 2. The standard InChI is InChI=1S/C14H19ClN2O2/c1-3-17(4-2)14(19)11-5-7-12(8-6-11)16-13(18)9-10-15/h5-8H,3-4,9-10H2,1-2H3,(H,16,18). The molecule has 1 aromatic carbocycles. The van der Waals surface area contributed by atoms with Gasteiger partial charge in [-0.25, -0.2) is 0 Å². The van der Waals surface area contributed by atoms with Crippen molar-refractivity contribution in [2.75, 3.05) is 24.3 Å². The Kier molecular flexibility index (Phi) is 6.36. The molecule has 0 unspecified atom stereocenters. The maximum Gasteiger partial charge on any atom is 0.253 e. The van der Waals surface area contributed by atoms with Crippen molar-refractivity contribution in [2.45, 2.75) is 20.3 Å². The highest BCUT2D eigenvalue weighted by molar-refractivity contribution is 6.19. The fourth-order valence-corrected chi connectivity index (χ4v) is 1.87. The fourth-order valence-electron chi connectivity index (χ4n) is 1.70. The molecule has 1 rings (SSSR count). The molecule has 0 atom stereocenters. The number of nitrogens with one attached hydrogen (secondary N) is 1. The normalized spacial score (nSPS) is 10.1. The van der Waals surface area contributed by atoms with Crippen molar-refractivity contribution in [1.29, 1.82) is 0 Å². The molecular formula is C14H19ClN2O2. The molecule has 5 heteroatoms. The van der Waals surface area contributed by atoms with Crippen LogP contribution in [0.25, 0.3) is 0 Å². The molecule has 0 bridgehead atoms. The number of anilines is 1. The van der Waals surface area contributed by atoms with E-state index in [0.29, 0.717) is 30.2 Å². The van der Waals surface area contributed by atoms with Crippen molar-refractivity contribution in [3.63, 3.8) is 0 Å². The van der Waals surface area contributed by atoms with Gasteiger partial charge in [-0.15, -0.1) is 11.6 Å². The summed E-state index contributed by atoms with van der Waals surface area (Å²) in [6, 6.07) is 6.89. The number of carbonyl (C=O) groups excluding carboxylic acids is 2. The van der Waals surface area contributed by atoms with Crippen LogP contribution < -0.4 is 5.32 Å². The second kappa shape index (κ2) is 7.79. The number of alkyl halides is 1. The molecule has 2 amide bonds. The highest BCUT2D eigenvalue weighted by Crippen LogP contribution is 2.12. The quantitative estimate of drug-likeness (QED) is 0.816. The Bertz CT molecular complexity index is 428. The molecule has 0 radical (unpaired) electrons. The maximum atomic E-state index is 12.1. The molecule has 0 fully saturated rings. The third kappa shape index (κ3) is 4.56. The molecule has 0 aliphatic rings. The number of carbonyl (C=O) groups is 2. The van der Waals surface area contributed by atoms with E-state index in [9.17, 15) is 9.59 Å². The lowest BCUT2D eigenvalue weighted by Gasteiger charge is -2.18. The molecule has 104 valence electrons. The molecule has 0 saturated heterocycles. The SMILES string of the molecule is CCN(CC)C(=O)c1ccc(NC(=O)CCCl)cc1. The summed E-state index contributed by atoms with van der Waals surface area (Å²) in [5, 5.41) is 2.72. The van der Waals surface area contributed by atoms with E-state index in [2.05, 4.69) is 5.32 Å². The Morgan fingerprint density at radius 2 is 1.74 bits per heavy atom. The minimum atomic E-state index is -0.127. The molecule has 0 aliphatic heterocycles. The number of nitrogens with zero attached hydrogens (tertiary/aromatic N) is 1. The summed E-state index contributed by atoms with van der Waals surface area (Å²) in [6.45, 7) is 5.26. The highest BCUT2D eigenvalue weighted by Gasteiger charge is 2.12. The lowest BCUT2D eigenvalue weighted by atomic mass is 10.1. The van der Waals surface area contributed by atoms with Gasteiger partial charge < -0.3 is 10.2 Å². The van der Waals surface area contributed by atoms with Crippen LogP contribution in [0, 0.1) is 0 Å². The lowest BCUT2D eigenvalue weighted by molar-refractivity contribution is -0.115. The van der Waals surface area contributed by atoms with Crippen LogP contribution in [-0.4, -0.2) is 35.7 Å². The number of hydrogen-bond donors (Lipinski definition) is 1. The molecule has 1 N–H and O–H groups in total. The number of hydrogen-bond acceptors (Lipinski definition) is 2. The Hall–Kier alpha value is -1.55. The Labute approximate surface area is 118 Å². The van der Waals surface area contributed by atoms with Crippen molar-refractivity contribution in [3.8, 4) is 0 Å². The van der Waals surface area contributed by atoms with Gasteiger partial charge in [-0.2, -0.15) is 0 Å². The maximum absolute atomic E-state index is 12.1. The Balaban J connectivity index is 2.70. The summed E-state index contributed by atoms with van der Waals surface area (Å²) < 4.78 is 0. The first-order valence-electron chi connectivity index (χ1n) is 6.37. The van der Waals surface area contributed by atoms with E-state index < -0.39 is 0 Å². The molecule has 19 heavy (non-hydrogen) atoms. The zero-order valence-corrected chi connectivity index (χ0v) is 12.0. The Morgan fingerprint density at radius 1 is 1.16 bits per heavy atom. The third-order valence-corrected chi connectivity index (χ3v) is 2.98. The Morgan fingerprint density at radius 3 is 2.21 bits per heavy atom. The van der Waals surface area contributed by atoms with Crippen LogP contribution in [-0.2, 0) is 4.79 Å². The largest absolute Gasteiger partial charge is 0.339 e. The van der Waals surface area contributed by atoms with Gasteiger partial charge in [-0.05, 0) is 38.1 Å². The minimum Gasteiger partial charge on any atom is -0.339 e. The first kappa shape index (κ1) is 15.5. The van der Waals surface area contributed by atoms with E-state index in [0.717, 1.165) is 0 Å². The van der Waals surface area contributed by atoms with Gasteiger partial charge in [0, 0.05) is 36.6 Å². The van der Waals surface area contributed by atoms with Crippen molar-refractivity contribution < 1.29 is 9.59 Å². The first-order chi connectivity index (χ1) is 9.12. The van der Waals surface area contributed by atoms with Gasteiger partial charge in [0.15, 0.2) is 0 Å². The van der Waals surface area contributed by atoms with E-state index in [4.69, 9.17) is 11.6 Å². The van der Waals surface area contributed by atoms with Crippen LogP contribution in [0.3, 0.4) is 0 Å². The predicted octanol–water partition coefficient (Wildman–Crippen LogP) is 2.74. The summed E-state index contributed by atoms with van der Waals surface area (Å²) in [4.78, 5) is 25.2. The first-order valence-corrected chi connectivity index (χ1v) is 6.91. The van der Waals surface area contributed by atoms with E-state index in [-0.39, 0.29) is 18.2 Å². The van der Waals surface area contributed by atoms with Crippen LogP contribution in [0.4, 0.5) is 5.69 Å². The van der Waals surface area contributed by atoms with E-state index >= 15 is 0 Å². The van der Waals surface area contributed by atoms with Crippen LogP contribution >= 0.6 is 11.6 Å². The summed E-state index contributed by atoms with van der Waals surface area (Å²) in [5.74, 6) is 0.172. The molecular weight excluding hydrogens is 264 g/mol. The number of rotatable bonds is 6. The van der Waals surface area contributed by atoms with Gasteiger partial charge in [0.2, 0.25) is 5.91 Å². The van der Waals surface area contributed by atoms with Crippen molar-refractivity contribution in [2.24, 2.45) is 0 Å². The van der Waals surface area contributed by atoms with Crippen LogP contribution in [0.2, 0.25) is 0 Å². The molecule has 0 spiro atoms. The topological polar surface area (TPSA) is 49.4 Å². The van der Waals surface area contributed by atoms with E-state index in [1.165, 1.54) is 0 Å². The molecule has 0 saturated carbocycles. The molecule has 0 heterocycles. The smallest absolute Gasteiger partial charge is 0.253 e. The average molecular weight is 283 g/mol. The van der Waals surface area contributed by atoms with Crippen LogP contribution in [0.5, 0.6) is 0 Å². The predicted molar refractivity (Wildman–Crippen MR) is 77.7 cm³/mol. The van der Waals surface area contributed by atoms with Crippen molar-refractivity contribution in [3.05, 3.63) is 29.8 Å². The summed E-state index contributed by atoms with van der Waals surface area (Å²) >= 11 is 5.49. The van der Waals surface area contributed by atoms with Gasteiger partial charge in [0.25, 0.3) is 5.91 Å². The molecule has 1 aromatic rings. The van der Waals surface area contributed by atoms with Gasteiger partial charge >= 0.3 is 0 Å². The lowest BCUT2D eigenvalue weighted by Crippen LogP contribution is -2.30. The van der Waals surface area contributed by atoms with Gasteiger partial charge in [-0.1, -0.05) is 0 Å². The average Bonchev–Trinajstić information content (AvgIpc) is 2.41. The summed E-state index contributed by atoms with van der Waals surface area (Å²) in [6.07, 6.45) is 0.279. The van der Waals surface area contributed by atoms with Crippen LogP contribution in [0.1, 0.15) is 30.6 Å². The minimum absolute atomic E-state index is 0.00337. The summed E-state index contributed by atoms with van der Waals surface area (Å²) in [7, 11) is 0. The molecule has 0 aromatic heterocycles. The zero-order chi connectivity index (χ0) is 14.3. The number of halogens is 1. The number of benzene rings is 1. The third-order valence-electron chi connectivity index (χ3n) is 2.79. The highest BCUT2D eigenvalue weighted by atomic mass is 35.5.